The SMILES string of the molecule is COP(C)(=O)CCC(OC(C)=O)OC(C)=O. The van der Waals surface area contributed by atoms with E-state index in [-0.39, 0.29) is 12.6 Å². The third-order valence-corrected chi connectivity index (χ3v) is 3.59. The summed E-state index contributed by atoms with van der Waals surface area (Å²) in [6, 6.07) is 0. The molecule has 0 amide bonds. The van der Waals surface area contributed by atoms with Crippen molar-refractivity contribution in [2.75, 3.05) is 19.9 Å². The van der Waals surface area contributed by atoms with Gasteiger partial charge in [-0.3, -0.25) is 14.2 Å². The molecule has 0 heterocycles. The summed E-state index contributed by atoms with van der Waals surface area (Å²) < 4.78 is 25.8. The summed E-state index contributed by atoms with van der Waals surface area (Å²) in [7, 11) is -1.36. The number of carbonyl (C=O) groups excluding carboxylic acids is 2. The van der Waals surface area contributed by atoms with E-state index in [0.717, 1.165) is 0 Å². The molecule has 0 fully saturated rings. The van der Waals surface area contributed by atoms with Crippen LogP contribution < -0.4 is 0 Å². The van der Waals surface area contributed by atoms with Crippen LogP contribution in [0.1, 0.15) is 20.3 Å². The lowest BCUT2D eigenvalue weighted by Gasteiger charge is -2.18. The Bertz CT molecular complexity index is 284. The van der Waals surface area contributed by atoms with Crippen molar-refractivity contribution in [2.24, 2.45) is 0 Å². The average Bonchev–Trinajstić information content (AvgIpc) is 2.13. The number of hydrogen-bond donors (Lipinski definition) is 0. The van der Waals surface area contributed by atoms with Crippen LogP contribution in [0, 0.1) is 0 Å². The van der Waals surface area contributed by atoms with Gasteiger partial charge >= 0.3 is 11.9 Å². The van der Waals surface area contributed by atoms with Gasteiger partial charge in [-0.15, -0.1) is 0 Å². The highest BCUT2D eigenvalue weighted by Crippen LogP contribution is 2.42. The molecule has 94 valence electrons. The molecule has 0 aromatic heterocycles. The number of hydrogen-bond acceptors (Lipinski definition) is 6. The predicted molar refractivity (Wildman–Crippen MR) is 57.3 cm³/mol. The van der Waals surface area contributed by atoms with Gasteiger partial charge in [0, 0.05) is 40.2 Å². The molecule has 1 unspecified atom stereocenters. The number of rotatable bonds is 6. The van der Waals surface area contributed by atoms with Gasteiger partial charge in [0.2, 0.25) is 6.29 Å². The molecule has 16 heavy (non-hydrogen) atoms. The summed E-state index contributed by atoms with van der Waals surface area (Å²) in [6.07, 6.45) is -0.673. The minimum Gasteiger partial charge on any atom is -0.425 e. The molecule has 0 saturated heterocycles. The van der Waals surface area contributed by atoms with E-state index >= 15 is 0 Å². The van der Waals surface area contributed by atoms with Gasteiger partial charge in [-0.05, 0) is 0 Å². The summed E-state index contributed by atoms with van der Waals surface area (Å²) in [6.45, 7) is 3.88. The fraction of sp³-hybridized carbons (Fsp3) is 0.778. The molecule has 0 aliphatic carbocycles. The lowest BCUT2D eigenvalue weighted by molar-refractivity contribution is -0.184. The van der Waals surface area contributed by atoms with E-state index in [9.17, 15) is 14.2 Å². The molecule has 0 radical (unpaired) electrons. The number of esters is 2. The second-order valence-electron chi connectivity index (χ2n) is 3.36. The summed E-state index contributed by atoms with van der Waals surface area (Å²) in [5.41, 5.74) is 0. The predicted octanol–water partition coefficient (Wildman–Crippen LogP) is 1.38. The van der Waals surface area contributed by atoms with Crippen molar-refractivity contribution >= 4 is 19.3 Å². The second kappa shape index (κ2) is 6.66. The van der Waals surface area contributed by atoms with E-state index in [4.69, 9.17) is 14.0 Å². The fourth-order valence-corrected chi connectivity index (χ4v) is 1.81. The molecule has 1 atom stereocenters. The summed E-state index contributed by atoms with van der Waals surface area (Å²) in [4.78, 5) is 21.4. The lowest BCUT2D eigenvalue weighted by atomic mass is 10.4. The molecule has 0 spiro atoms. The maximum atomic E-state index is 11.6. The minimum absolute atomic E-state index is 0.154. The smallest absolute Gasteiger partial charge is 0.305 e. The normalized spacial score (nSPS) is 14.3. The first-order valence-electron chi connectivity index (χ1n) is 4.73. The quantitative estimate of drug-likeness (QED) is 0.403. The van der Waals surface area contributed by atoms with Gasteiger partial charge in [-0.1, -0.05) is 0 Å². The van der Waals surface area contributed by atoms with Crippen LogP contribution in [0.4, 0.5) is 0 Å². The highest BCUT2D eigenvalue weighted by atomic mass is 31.2. The van der Waals surface area contributed by atoms with E-state index in [2.05, 4.69) is 0 Å². The van der Waals surface area contributed by atoms with Crippen LogP contribution in [0.2, 0.25) is 0 Å². The molecular formula is C9H17O6P. The van der Waals surface area contributed by atoms with Crippen molar-refractivity contribution in [3.63, 3.8) is 0 Å². The van der Waals surface area contributed by atoms with Gasteiger partial charge in [-0.25, -0.2) is 0 Å². The molecule has 0 aromatic rings. The van der Waals surface area contributed by atoms with E-state index in [0.29, 0.717) is 0 Å². The van der Waals surface area contributed by atoms with Crippen molar-refractivity contribution in [1.82, 2.24) is 0 Å². The Balaban J connectivity index is 4.26. The molecule has 0 saturated carbocycles. The van der Waals surface area contributed by atoms with E-state index in [1.54, 1.807) is 0 Å². The fourth-order valence-electron chi connectivity index (χ4n) is 0.943. The van der Waals surface area contributed by atoms with Crippen LogP contribution >= 0.6 is 7.37 Å². The van der Waals surface area contributed by atoms with E-state index in [1.165, 1.54) is 27.6 Å². The van der Waals surface area contributed by atoms with Gasteiger partial charge in [-0.2, -0.15) is 0 Å². The lowest BCUT2D eigenvalue weighted by Crippen LogP contribution is -2.23. The zero-order chi connectivity index (χ0) is 12.8. The van der Waals surface area contributed by atoms with Crippen molar-refractivity contribution in [2.45, 2.75) is 26.6 Å². The van der Waals surface area contributed by atoms with Crippen LogP contribution in [0.5, 0.6) is 0 Å². The molecule has 0 rings (SSSR count). The van der Waals surface area contributed by atoms with Gasteiger partial charge in [0.15, 0.2) is 7.37 Å². The van der Waals surface area contributed by atoms with Gasteiger partial charge in [0.1, 0.15) is 0 Å². The van der Waals surface area contributed by atoms with Crippen molar-refractivity contribution < 1.29 is 28.2 Å². The van der Waals surface area contributed by atoms with Gasteiger partial charge in [0.05, 0.1) is 0 Å². The van der Waals surface area contributed by atoms with Crippen molar-refractivity contribution in [3.8, 4) is 0 Å². The van der Waals surface area contributed by atoms with Crippen LogP contribution in [0.15, 0.2) is 0 Å². The molecule has 0 aromatic carbocycles. The Labute approximate surface area is 94.7 Å². The largest absolute Gasteiger partial charge is 0.425 e. The number of carbonyl (C=O) groups is 2. The third kappa shape index (κ3) is 7.43. The molecule has 6 nitrogen and oxygen atoms in total. The van der Waals surface area contributed by atoms with Crippen molar-refractivity contribution in [3.05, 3.63) is 0 Å². The van der Waals surface area contributed by atoms with Crippen LogP contribution in [0.3, 0.4) is 0 Å². The number of ether oxygens (including phenoxy) is 2. The first-order valence-corrected chi connectivity index (χ1v) is 6.99. The zero-order valence-corrected chi connectivity index (χ0v) is 10.8. The van der Waals surface area contributed by atoms with Crippen LogP contribution in [-0.4, -0.2) is 38.2 Å². The molecular weight excluding hydrogens is 235 g/mol. The second-order valence-corrected chi connectivity index (χ2v) is 6.20. The van der Waals surface area contributed by atoms with Crippen LogP contribution in [0.25, 0.3) is 0 Å². The summed E-state index contributed by atoms with van der Waals surface area (Å²) >= 11 is 0. The standard InChI is InChI=1S/C9H17O6P/c1-7(10)14-9(15-8(2)11)5-6-16(4,12)13-3/h9H,5-6H2,1-4H3. The Hall–Kier alpha value is -0.870. The van der Waals surface area contributed by atoms with E-state index in [1.807, 2.05) is 0 Å². The Morgan fingerprint density at radius 1 is 1.19 bits per heavy atom. The van der Waals surface area contributed by atoms with E-state index < -0.39 is 25.6 Å². The highest BCUT2D eigenvalue weighted by Gasteiger charge is 2.21. The highest BCUT2D eigenvalue weighted by molar-refractivity contribution is 7.58. The molecule has 0 aliphatic heterocycles. The third-order valence-electron chi connectivity index (χ3n) is 1.75. The minimum atomic E-state index is -2.70. The summed E-state index contributed by atoms with van der Waals surface area (Å²) in [5.74, 6) is -1.12. The Kier molecular flexibility index (Phi) is 6.29. The molecule has 0 aliphatic rings. The molecule has 0 N–H and O–H groups in total. The molecule has 7 heteroatoms. The topological polar surface area (TPSA) is 78.9 Å². The first kappa shape index (κ1) is 15.1. The maximum absolute atomic E-state index is 11.6. The van der Waals surface area contributed by atoms with Crippen LogP contribution in [-0.2, 0) is 28.2 Å². The average molecular weight is 252 g/mol. The summed E-state index contributed by atoms with van der Waals surface area (Å²) in [5, 5.41) is 0. The molecule has 0 bridgehead atoms. The zero-order valence-electron chi connectivity index (χ0n) is 9.89. The maximum Gasteiger partial charge on any atom is 0.305 e. The van der Waals surface area contributed by atoms with Crippen molar-refractivity contribution in [1.29, 1.82) is 0 Å². The Morgan fingerprint density at radius 3 is 1.94 bits per heavy atom. The Morgan fingerprint density at radius 2 is 1.62 bits per heavy atom. The monoisotopic (exact) mass is 252 g/mol. The first-order chi connectivity index (χ1) is 7.26. The van der Waals surface area contributed by atoms with Gasteiger partial charge < -0.3 is 14.0 Å². The van der Waals surface area contributed by atoms with Gasteiger partial charge in [0.25, 0.3) is 0 Å².